The van der Waals surface area contributed by atoms with E-state index in [9.17, 15) is 24.3 Å². The third-order valence-electron chi connectivity index (χ3n) is 10.4. The number of hydrogen-bond donors (Lipinski definition) is 3. The average molecular weight is 821 g/mol. The number of hydrogen-bond acceptors (Lipinski definition) is 8. The van der Waals surface area contributed by atoms with Gasteiger partial charge in [0.25, 0.3) is 5.91 Å². The normalized spacial score (nSPS) is 20.5. The van der Waals surface area contributed by atoms with Gasteiger partial charge in [0.05, 0.1) is 15.5 Å². The summed E-state index contributed by atoms with van der Waals surface area (Å²) >= 11 is 6.74. The molecule has 15 heteroatoms. The van der Waals surface area contributed by atoms with Gasteiger partial charge in [-0.3, -0.25) is 19.4 Å². The van der Waals surface area contributed by atoms with E-state index in [0.29, 0.717) is 79.2 Å². The van der Waals surface area contributed by atoms with Crippen molar-refractivity contribution in [3.63, 3.8) is 0 Å². The molecule has 0 aromatic heterocycles. The van der Waals surface area contributed by atoms with Crippen LogP contribution in [0.5, 0.6) is 5.75 Å². The van der Waals surface area contributed by atoms with Crippen molar-refractivity contribution in [1.29, 1.82) is 0 Å². The number of piperidine rings is 2. The van der Waals surface area contributed by atoms with Gasteiger partial charge in [0.2, 0.25) is 0 Å². The Morgan fingerprint density at radius 1 is 0.860 bits per heavy atom. The number of benzene rings is 2. The number of carboxylic acid groups (broad SMARTS) is 1. The standard InChI is InChI=1S/C35H44Br2N6O7/c36-27-19-23(20-28(37)32(27)46)21-30(33(47)41-17-15-40(16-18-41)25-6-10-39(11-7-25)22-31(44)45)50-35(49)42-12-8-26(9-13-42)43-14-5-24-3-1-2-4-29(24)38-34(43)48/h1-4,19-20,25-26,30,46H,5-18,21-22H2,(H,38,48)(H,44,45). The topological polar surface area (TPSA) is 146 Å². The van der Waals surface area contributed by atoms with E-state index in [-0.39, 0.29) is 36.7 Å². The van der Waals surface area contributed by atoms with Gasteiger partial charge >= 0.3 is 18.1 Å². The number of anilines is 1. The zero-order valence-corrected chi connectivity index (χ0v) is 31.1. The molecule has 0 bridgehead atoms. The van der Waals surface area contributed by atoms with Crippen LogP contribution in [0.1, 0.15) is 36.8 Å². The first-order valence-corrected chi connectivity index (χ1v) is 18.9. The number of phenolic OH excluding ortho intramolecular Hbond substituents is 1. The molecule has 0 radical (unpaired) electrons. The van der Waals surface area contributed by atoms with Crippen molar-refractivity contribution in [2.24, 2.45) is 0 Å². The minimum Gasteiger partial charge on any atom is -0.506 e. The number of aliphatic carboxylic acids is 1. The van der Waals surface area contributed by atoms with E-state index in [0.717, 1.165) is 43.6 Å². The number of urea groups is 1. The van der Waals surface area contributed by atoms with Gasteiger partial charge in [-0.25, -0.2) is 9.59 Å². The Morgan fingerprint density at radius 2 is 1.50 bits per heavy atom. The molecule has 3 saturated heterocycles. The first-order chi connectivity index (χ1) is 24.0. The number of halogens is 2. The van der Waals surface area contributed by atoms with Gasteiger partial charge in [-0.05, 0) is 93.3 Å². The van der Waals surface area contributed by atoms with Gasteiger partial charge < -0.3 is 35.0 Å². The van der Waals surface area contributed by atoms with Crippen LogP contribution in [0.15, 0.2) is 45.3 Å². The van der Waals surface area contributed by atoms with Crippen molar-refractivity contribution < 1.29 is 34.1 Å². The van der Waals surface area contributed by atoms with Crippen LogP contribution in [0.4, 0.5) is 15.3 Å². The van der Waals surface area contributed by atoms with Gasteiger partial charge in [0, 0.05) is 83.1 Å². The number of fused-ring (bicyclic) bond motifs is 1. The number of carbonyl (C=O) groups excluding carboxylic acids is 3. The van der Waals surface area contributed by atoms with E-state index in [1.54, 1.807) is 21.9 Å². The zero-order chi connectivity index (χ0) is 35.4. The molecule has 13 nitrogen and oxygen atoms in total. The maximum Gasteiger partial charge on any atom is 0.410 e. The van der Waals surface area contributed by atoms with Gasteiger partial charge in [-0.1, -0.05) is 18.2 Å². The van der Waals surface area contributed by atoms with E-state index < -0.39 is 18.2 Å². The third kappa shape index (κ3) is 8.72. The Bertz CT molecular complexity index is 1550. The first kappa shape index (κ1) is 36.4. The van der Waals surface area contributed by atoms with Crippen LogP contribution in [0.2, 0.25) is 0 Å². The fourth-order valence-electron chi connectivity index (χ4n) is 7.57. The lowest BCUT2D eigenvalue weighted by Gasteiger charge is -2.43. The molecule has 0 saturated carbocycles. The van der Waals surface area contributed by atoms with Crippen molar-refractivity contribution >= 4 is 61.5 Å². The van der Waals surface area contributed by atoms with Crippen LogP contribution in [0, 0.1) is 0 Å². The Labute approximate surface area is 308 Å². The van der Waals surface area contributed by atoms with Gasteiger partial charge in [-0.15, -0.1) is 0 Å². The monoisotopic (exact) mass is 818 g/mol. The van der Waals surface area contributed by atoms with E-state index in [1.807, 2.05) is 34.1 Å². The number of nitrogens with one attached hydrogen (secondary N) is 1. The number of para-hydroxylation sites is 1. The predicted molar refractivity (Wildman–Crippen MR) is 193 cm³/mol. The first-order valence-electron chi connectivity index (χ1n) is 17.3. The maximum atomic E-state index is 14.0. The molecule has 1 atom stereocenters. The number of aromatic hydroxyl groups is 1. The summed E-state index contributed by atoms with van der Waals surface area (Å²) < 4.78 is 6.94. The van der Waals surface area contributed by atoms with Crippen LogP contribution >= 0.6 is 31.9 Å². The van der Waals surface area contributed by atoms with Gasteiger partial charge in [0.15, 0.2) is 6.10 Å². The van der Waals surface area contributed by atoms with Crippen molar-refractivity contribution in [3.8, 4) is 5.75 Å². The summed E-state index contributed by atoms with van der Waals surface area (Å²) in [7, 11) is 0. The summed E-state index contributed by atoms with van der Waals surface area (Å²) in [6.07, 6.45) is 2.25. The highest BCUT2D eigenvalue weighted by atomic mass is 79.9. The molecule has 0 spiro atoms. The second kappa shape index (κ2) is 16.3. The van der Waals surface area contributed by atoms with Crippen molar-refractivity contribution in [2.45, 2.75) is 56.7 Å². The third-order valence-corrected chi connectivity index (χ3v) is 11.6. The minimum absolute atomic E-state index is 0.0156. The van der Waals surface area contributed by atoms with E-state index in [1.165, 1.54) is 0 Å². The number of carboxylic acids is 1. The largest absolute Gasteiger partial charge is 0.506 e. The molecule has 4 heterocycles. The lowest BCUT2D eigenvalue weighted by Crippen LogP contribution is -2.56. The quantitative estimate of drug-likeness (QED) is 0.357. The Hall–Kier alpha value is -3.40. The second-order valence-electron chi connectivity index (χ2n) is 13.5. The summed E-state index contributed by atoms with van der Waals surface area (Å²) in [5.74, 6) is -1.02. The lowest BCUT2D eigenvalue weighted by molar-refractivity contribution is -0.143. The van der Waals surface area contributed by atoms with E-state index in [2.05, 4.69) is 42.1 Å². The molecule has 3 fully saturated rings. The molecule has 270 valence electrons. The highest BCUT2D eigenvalue weighted by Gasteiger charge is 2.36. The van der Waals surface area contributed by atoms with E-state index >= 15 is 0 Å². The fourth-order valence-corrected chi connectivity index (χ4v) is 8.85. The number of likely N-dealkylation sites (tertiary alicyclic amines) is 2. The summed E-state index contributed by atoms with van der Waals surface area (Å²) in [6.45, 7) is 5.32. The number of rotatable bonds is 8. The number of nitrogens with zero attached hydrogens (tertiary/aromatic N) is 5. The maximum absolute atomic E-state index is 14.0. The lowest BCUT2D eigenvalue weighted by atomic mass is 10.0. The van der Waals surface area contributed by atoms with Crippen molar-refractivity contribution in [2.75, 3.05) is 70.8 Å². The molecule has 0 aliphatic carbocycles. The fraction of sp³-hybridized carbons (Fsp3) is 0.543. The van der Waals surface area contributed by atoms with Gasteiger partial charge in [-0.2, -0.15) is 0 Å². The predicted octanol–water partition coefficient (Wildman–Crippen LogP) is 4.21. The molecule has 6 rings (SSSR count). The summed E-state index contributed by atoms with van der Waals surface area (Å²) in [5, 5.41) is 22.4. The minimum atomic E-state index is -1.07. The summed E-state index contributed by atoms with van der Waals surface area (Å²) in [4.78, 5) is 61.4. The Balaban J connectivity index is 1.06. The number of piperazine rings is 1. The molecule has 50 heavy (non-hydrogen) atoms. The molecular formula is C35H44Br2N6O7. The molecule has 1 unspecified atom stereocenters. The van der Waals surface area contributed by atoms with Crippen LogP contribution in [-0.4, -0.2) is 142 Å². The molecule has 4 aliphatic heterocycles. The van der Waals surface area contributed by atoms with E-state index in [4.69, 9.17) is 9.84 Å². The number of amides is 4. The van der Waals surface area contributed by atoms with Gasteiger partial charge in [0.1, 0.15) is 5.75 Å². The molecule has 2 aromatic carbocycles. The highest BCUT2D eigenvalue weighted by Crippen LogP contribution is 2.34. The van der Waals surface area contributed by atoms with Crippen molar-refractivity contribution in [3.05, 3.63) is 56.5 Å². The van der Waals surface area contributed by atoms with Crippen LogP contribution in [-0.2, 0) is 27.2 Å². The summed E-state index contributed by atoms with van der Waals surface area (Å²) in [5.41, 5.74) is 2.66. The molecule has 3 N–H and O–H groups in total. The molecule has 4 amide bonds. The van der Waals surface area contributed by atoms with Crippen LogP contribution in [0.3, 0.4) is 0 Å². The number of carbonyl (C=O) groups is 4. The highest BCUT2D eigenvalue weighted by molar-refractivity contribution is 9.11. The summed E-state index contributed by atoms with van der Waals surface area (Å²) in [6, 6.07) is 11.5. The molecule has 2 aromatic rings. The average Bonchev–Trinajstić information content (AvgIpc) is 3.28. The SMILES string of the molecule is O=C(O)CN1CCC(N2CCN(C(=O)C(Cc3cc(Br)c(O)c(Br)c3)OC(=O)N3CCC(N4CCc5ccccc5NC4=O)CC3)CC2)CC1. The number of phenols is 1. The Morgan fingerprint density at radius 3 is 2.16 bits per heavy atom. The van der Waals surface area contributed by atoms with Crippen molar-refractivity contribution in [1.82, 2.24) is 24.5 Å². The molecule has 4 aliphatic rings. The second-order valence-corrected chi connectivity index (χ2v) is 15.2. The Kier molecular flexibility index (Phi) is 11.9. The zero-order valence-electron chi connectivity index (χ0n) is 27.9. The smallest absolute Gasteiger partial charge is 0.410 e. The van der Waals surface area contributed by atoms with Crippen LogP contribution < -0.4 is 5.32 Å². The number of ether oxygens (including phenoxy) is 1. The van der Waals surface area contributed by atoms with Crippen LogP contribution in [0.25, 0.3) is 0 Å². The molecular weight excluding hydrogens is 776 g/mol.